The van der Waals surface area contributed by atoms with Gasteiger partial charge in [0.25, 0.3) is 0 Å². The summed E-state index contributed by atoms with van der Waals surface area (Å²) in [5.74, 6) is 0.833. The molecule has 0 fully saturated rings. The fraction of sp³-hybridized carbons (Fsp3) is 0. The van der Waals surface area contributed by atoms with Gasteiger partial charge in [0.2, 0.25) is 0 Å². The van der Waals surface area contributed by atoms with E-state index in [2.05, 4.69) is 54.6 Å². The summed E-state index contributed by atoms with van der Waals surface area (Å²) in [7, 11) is 0. The van der Waals surface area contributed by atoms with Crippen LogP contribution in [0.2, 0.25) is 0 Å². The van der Waals surface area contributed by atoms with Crippen molar-refractivity contribution in [2.75, 3.05) is 0 Å². The Labute approximate surface area is 171 Å². The predicted octanol–water partition coefficient (Wildman–Crippen LogP) is 7.32. The van der Waals surface area contributed by atoms with Crippen molar-refractivity contribution in [2.24, 2.45) is 0 Å². The number of para-hydroxylation sites is 2. The monoisotopic (exact) mass is 385 g/mol. The smallest absolute Gasteiger partial charge is 0.144 e. The molecule has 3 heteroatoms. The van der Waals surface area contributed by atoms with Gasteiger partial charge in [-0.25, -0.2) is 4.98 Å². The Kier molecular flexibility index (Phi) is 3.00. The molecular formula is C27H15NO2. The summed E-state index contributed by atoms with van der Waals surface area (Å²) in [6, 6.07) is 27.0. The highest BCUT2D eigenvalue weighted by Gasteiger charge is 2.19. The van der Waals surface area contributed by atoms with Gasteiger partial charge in [0.05, 0.1) is 17.5 Å². The van der Waals surface area contributed by atoms with Crippen molar-refractivity contribution in [3.63, 3.8) is 0 Å². The first-order chi connectivity index (χ1) is 14.9. The van der Waals surface area contributed by atoms with E-state index in [0.29, 0.717) is 0 Å². The van der Waals surface area contributed by atoms with Gasteiger partial charge in [0.1, 0.15) is 16.9 Å². The number of rotatable bonds is 1. The number of pyridine rings is 1. The fourth-order valence-corrected chi connectivity index (χ4v) is 4.59. The number of aromatic nitrogens is 1. The van der Waals surface area contributed by atoms with E-state index in [1.54, 1.807) is 6.26 Å². The Hall–Kier alpha value is -4.11. The van der Waals surface area contributed by atoms with Crippen molar-refractivity contribution >= 4 is 49.7 Å². The maximum absolute atomic E-state index is 6.42. The minimum absolute atomic E-state index is 0.827. The molecular weight excluding hydrogens is 370 g/mol. The zero-order valence-corrected chi connectivity index (χ0v) is 15.9. The maximum Gasteiger partial charge on any atom is 0.144 e. The van der Waals surface area contributed by atoms with Crippen LogP contribution in [0.3, 0.4) is 0 Å². The summed E-state index contributed by atoms with van der Waals surface area (Å²) < 4.78 is 12.2. The van der Waals surface area contributed by atoms with Crippen LogP contribution in [-0.2, 0) is 0 Å². The molecule has 4 aromatic carbocycles. The molecule has 0 aliphatic carbocycles. The normalized spacial score (nSPS) is 12.8. The number of ether oxygens (including phenoxy) is 1. The van der Waals surface area contributed by atoms with E-state index in [9.17, 15) is 0 Å². The van der Waals surface area contributed by atoms with Crippen LogP contribution in [0.5, 0.6) is 5.75 Å². The van der Waals surface area contributed by atoms with Crippen LogP contribution in [0, 0.1) is 0 Å². The van der Waals surface area contributed by atoms with Gasteiger partial charge in [0.15, 0.2) is 0 Å². The minimum atomic E-state index is 0.827. The molecule has 0 radical (unpaired) electrons. The summed E-state index contributed by atoms with van der Waals surface area (Å²) in [6.45, 7) is 0. The minimum Gasteiger partial charge on any atom is -0.464 e. The van der Waals surface area contributed by atoms with E-state index in [4.69, 9.17) is 14.1 Å². The third-order valence-electron chi connectivity index (χ3n) is 5.93. The lowest BCUT2D eigenvalue weighted by Crippen LogP contribution is -1.92. The lowest BCUT2D eigenvalue weighted by molar-refractivity contribution is 0.487. The standard InChI is InChI=1S/C27H15NO2/c1-2-10-21-16(5-1)11-12-22(28-21)18-7-4-9-20-26-19-8-3-6-17-13-14-29-23(25(17)19)15-24(26)30-27(18)20/h1-15H. The van der Waals surface area contributed by atoms with Crippen LogP contribution in [0.15, 0.2) is 89.5 Å². The molecule has 0 N–H and O–H groups in total. The Balaban J connectivity index is 1.59. The molecule has 6 aromatic rings. The summed E-state index contributed by atoms with van der Waals surface area (Å²) in [4.78, 5) is 4.89. The number of hydrogen-bond donors (Lipinski definition) is 0. The summed E-state index contributed by atoms with van der Waals surface area (Å²) in [6.07, 6.45) is 3.74. The van der Waals surface area contributed by atoms with Crippen molar-refractivity contribution in [2.45, 2.75) is 0 Å². The van der Waals surface area contributed by atoms with Crippen molar-refractivity contribution < 1.29 is 9.15 Å². The Bertz CT molecular complexity index is 1670. The van der Waals surface area contributed by atoms with Gasteiger partial charge in [-0.3, -0.25) is 0 Å². The van der Waals surface area contributed by atoms with Gasteiger partial charge in [-0.1, -0.05) is 54.6 Å². The third kappa shape index (κ3) is 2.06. The molecule has 0 spiro atoms. The van der Waals surface area contributed by atoms with E-state index in [1.165, 1.54) is 0 Å². The van der Waals surface area contributed by atoms with Crippen molar-refractivity contribution in [3.05, 3.63) is 90.7 Å². The van der Waals surface area contributed by atoms with Gasteiger partial charge >= 0.3 is 0 Å². The quantitative estimate of drug-likeness (QED) is 0.297. The highest BCUT2D eigenvalue weighted by Crippen LogP contribution is 2.44. The second-order valence-corrected chi connectivity index (χ2v) is 7.61. The molecule has 0 saturated heterocycles. The topological polar surface area (TPSA) is 35.3 Å². The molecule has 140 valence electrons. The average molecular weight is 385 g/mol. The molecule has 0 atom stereocenters. The molecule has 0 amide bonds. The number of benzene rings is 4. The molecule has 7 rings (SSSR count). The highest BCUT2D eigenvalue weighted by atomic mass is 16.5. The number of hydrogen-bond acceptors (Lipinski definition) is 3. The zero-order chi connectivity index (χ0) is 19.7. The summed E-state index contributed by atoms with van der Waals surface area (Å²) in [5, 5.41) is 5.61. The Morgan fingerprint density at radius 3 is 2.63 bits per heavy atom. The van der Waals surface area contributed by atoms with Crippen molar-refractivity contribution in [1.29, 1.82) is 0 Å². The van der Waals surface area contributed by atoms with Gasteiger partial charge in [-0.05, 0) is 35.2 Å². The third-order valence-corrected chi connectivity index (χ3v) is 5.93. The van der Waals surface area contributed by atoms with Gasteiger partial charge in [0, 0.05) is 33.2 Å². The average Bonchev–Trinajstić information content (AvgIpc) is 3.18. The molecule has 1 aliphatic heterocycles. The van der Waals surface area contributed by atoms with Crippen molar-refractivity contribution in [1.82, 2.24) is 4.98 Å². The fourth-order valence-electron chi connectivity index (χ4n) is 4.59. The van der Waals surface area contributed by atoms with Crippen LogP contribution in [0.4, 0.5) is 0 Å². The largest absolute Gasteiger partial charge is 0.464 e. The molecule has 2 aromatic heterocycles. The lowest BCUT2D eigenvalue weighted by atomic mass is 9.97. The van der Waals surface area contributed by atoms with Gasteiger partial charge in [-0.15, -0.1) is 0 Å². The Morgan fingerprint density at radius 2 is 1.63 bits per heavy atom. The van der Waals surface area contributed by atoms with Crippen LogP contribution in [0.1, 0.15) is 5.56 Å². The molecule has 30 heavy (non-hydrogen) atoms. The van der Waals surface area contributed by atoms with Crippen molar-refractivity contribution in [3.8, 4) is 17.0 Å². The summed E-state index contributed by atoms with van der Waals surface area (Å²) in [5.41, 5.74) is 5.72. The molecule has 3 heterocycles. The van der Waals surface area contributed by atoms with E-state index in [1.807, 2.05) is 30.3 Å². The van der Waals surface area contributed by atoms with Gasteiger partial charge < -0.3 is 9.15 Å². The van der Waals surface area contributed by atoms with Crippen LogP contribution in [-0.4, -0.2) is 4.98 Å². The van der Waals surface area contributed by atoms with E-state index < -0.39 is 0 Å². The number of nitrogens with zero attached hydrogens (tertiary/aromatic N) is 1. The van der Waals surface area contributed by atoms with E-state index in [0.717, 1.165) is 66.2 Å². The second-order valence-electron chi connectivity index (χ2n) is 7.61. The summed E-state index contributed by atoms with van der Waals surface area (Å²) >= 11 is 0. The molecule has 1 aliphatic rings. The maximum atomic E-state index is 6.42. The number of furan rings is 1. The molecule has 0 unspecified atom stereocenters. The zero-order valence-electron chi connectivity index (χ0n) is 15.9. The molecule has 0 bridgehead atoms. The van der Waals surface area contributed by atoms with Crippen LogP contribution < -0.4 is 4.74 Å². The SMILES string of the molecule is C1=Cc2cccc3c2c(cc2oc4c(-c5ccc6ccccc6n5)cccc4c23)O1. The number of fused-ring (bicyclic) bond motifs is 5. The molecule has 0 saturated carbocycles. The lowest BCUT2D eigenvalue weighted by Gasteiger charge is -2.13. The van der Waals surface area contributed by atoms with Gasteiger partial charge in [-0.2, -0.15) is 0 Å². The second kappa shape index (κ2) is 5.71. The first-order valence-corrected chi connectivity index (χ1v) is 9.97. The first-order valence-electron chi connectivity index (χ1n) is 9.97. The van der Waals surface area contributed by atoms with Crippen LogP contribution >= 0.6 is 0 Å². The predicted molar refractivity (Wildman–Crippen MR) is 122 cm³/mol. The van der Waals surface area contributed by atoms with E-state index >= 15 is 0 Å². The first kappa shape index (κ1) is 15.8. The van der Waals surface area contributed by atoms with E-state index in [-0.39, 0.29) is 0 Å². The molecule has 3 nitrogen and oxygen atoms in total. The Morgan fingerprint density at radius 1 is 0.733 bits per heavy atom. The van der Waals surface area contributed by atoms with Crippen LogP contribution in [0.25, 0.3) is 60.9 Å². The highest BCUT2D eigenvalue weighted by molar-refractivity contribution is 6.23.